The van der Waals surface area contributed by atoms with Crippen LogP contribution < -0.4 is 5.32 Å². The van der Waals surface area contributed by atoms with Crippen molar-refractivity contribution >= 4 is 19.7 Å². The lowest BCUT2D eigenvalue weighted by Gasteiger charge is -2.15. The minimum absolute atomic E-state index is 0.0765. The van der Waals surface area contributed by atoms with Crippen LogP contribution in [0.15, 0.2) is 36.5 Å². The molecule has 50 heavy (non-hydrogen) atoms. The fraction of sp³-hybridized carbons (Fsp3) is 0.800. The molecule has 0 saturated carbocycles. The summed E-state index contributed by atoms with van der Waals surface area (Å²) in [6, 6.07) is 0. The lowest BCUT2D eigenvalue weighted by Crippen LogP contribution is -2.27. The number of esters is 1. The van der Waals surface area contributed by atoms with Crippen LogP contribution in [-0.2, 0) is 27.9 Å². The summed E-state index contributed by atoms with van der Waals surface area (Å²) >= 11 is 0. The number of unbranched alkanes of at least 4 members (excludes halogenated alkanes) is 18. The maximum Gasteiger partial charge on any atom is 0.472 e. The van der Waals surface area contributed by atoms with Gasteiger partial charge in [-0.1, -0.05) is 153 Å². The minimum Gasteiger partial charge on any atom is -0.463 e. The molecule has 2 atom stereocenters. The normalized spacial score (nSPS) is 13.8. The highest BCUT2D eigenvalue weighted by Gasteiger charge is 2.23. The number of hydrogen-bond acceptors (Lipinski definition) is 7. The molecule has 0 fully saturated rings. The Labute approximate surface area is 305 Å². The van der Waals surface area contributed by atoms with Crippen molar-refractivity contribution < 1.29 is 37.9 Å². The maximum absolute atomic E-state index is 12.1. The SMILES string of the molecule is CC/C=C\C/C=C\C/C=C\CCCCCCCCCC(=O)NCCOP(=O)(O)OCC(O)COC(=O)CCCCCCCCCCCCCC. The quantitative estimate of drug-likeness (QED) is 0.0249. The molecule has 3 N–H and O–H groups in total. The van der Waals surface area contributed by atoms with Gasteiger partial charge >= 0.3 is 13.8 Å². The number of aliphatic hydroxyl groups is 1. The summed E-state index contributed by atoms with van der Waals surface area (Å²) in [6.45, 7) is 3.42. The molecule has 2 unspecified atom stereocenters. The number of rotatable bonds is 37. The van der Waals surface area contributed by atoms with E-state index in [-0.39, 0.29) is 32.1 Å². The number of phosphoric acid groups is 1. The van der Waals surface area contributed by atoms with Gasteiger partial charge in [-0.2, -0.15) is 0 Å². The van der Waals surface area contributed by atoms with Gasteiger partial charge in [0.15, 0.2) is 0 Å². The molecule has 0 heterocycles. The molecule has 1 amide bonds. The van der Waals surface area contributed by atoms with Crippen molar-refractivity contribution in [3.63, 3.8) is 0 Å². The van der Waals surface area contributed by atoms with Crippen LogP contribution in [0.5, 0.6) is 0 Å². The van der Waals surface area contributed by atoms with Gasteiger partial charge < -0.3 is 20.1 Å². The fourth-order valence-corrected chi connectivity index (χ4v) is 6.09. The zero-order valence-electron chi connectivity index (χ0n) is 31.8. The minimum atomic E-state index is -4.41. The van der Waals surface area contributed by atoms with Gasteiger partial charge in [0, 0.05) is 19.4 Å². The summed E-state index contributed by atoms with van der Waals surface area (Å²) in [5, 5.41) is 12.6. The number of carbonyl (C=O) groups excluding carboxylic acids is 2. The highest BCUT2D eigenvalue weighted by Crippen LogP contribution is 2.42. The highest BCUT2D eigenvalue weighted by molar-refractivity contribution is 7.47. The second-order valence-electron chi connectivity index (χ2n) is 13.2. The summed E-state index contributed by atoms with van der Waals surface area (Å²) in [5.74, 6) is -0.526. The molecule has 0 aromatic rings. The number of nitrogens with one attached hydrogen (secondary N) is 1. The van der Waals surface area contributed by atoms with Gasteiger partial charge in [-0.05, 0) is 44.9 Å². The summed E-state index contributed by atoms with van der Waals surface area (Å²) in [7, 11) is -4.41. The third-order valence-electron chi connectivity index (χ3n) is 8.33. The Balaban J connectivity index is 3.62. The molecule has 0 bridgehead atoms. The average molecular weight is 728 g/mol. The fourth-order valence-electron chi connectivity index (χ4n) is 5.34. The van der Waals surface area contributed by atoms with Gasteiger partial charge in [0.25, 0.3) is 0 Å². The first-order chi connectivity index (χ1) is 24.3. The number of carbonyl (C=O) groups is 2. The standard InChI is InChI=1S/C40H74NO8P/c1-3-5-7-9-11-13-15-17-18-19-20-21-22-24-26-28-30-32-39(43)41-34-35-48-50(45,46)49-37-38(42)36-47-40(44)33-31-29-27-25-23-16-14-12-10-8-6-4-2/h5,7,11,13,17-18,38,42H,3-4,6,8-10,12,14-16,19-37H2,1-2H3,(H,41,43)(H,45,46)/b7-5-,13-11-,18-17-. The van der Waals surface area contributed by atoms with E-state index in [0.717, 1.165) is 64.2 Å². The molecular formula is C40H74NO8P. The van der Waals surface area contributed by atoms with Crippen LogP contribution in [-0.4, -0.2) is 54.3 Å². The number of allylic oxidation sites excluding steroid dienone is 6. The van der Waals surface area contributed by atoms with Gasteiger partial charge in [0.05, 0.1) is 13.2 Å². The third kappa shape index (κ3) is 37.5. The molecule has 0 aliphatic rings. The number of amides is 1. The molecule has 0 spiro atoms. The van der Waals surface area contributed by atoms with Crippen LogP contribution in [0.4, 0.5) is 0 Å². The van der Waals surface area contributed by atoms with Crippen molar-refractivity contribution in [3.05, 3.63) is 36.5 Å². The van der Waals surface area contributed by atoms with Crippen LogP contribution in [0.2, 0.25) is 0 Å². The predicted molar refractivity (Wildman–Crippen MR) is 206 cm³/mol. The average Bonchev–Trinajstić information content (AvgIpc) is 3.10. The molecule has 9 nitrogen and oxygen atoms in total. The van der Waals surface area contributed by atoms with E-state index in [2.05, 4.69) is 55.6 Å². The van der Waals surface area contributed by atoms with E-state index in [0.29, 0.717) is 6.42 Å². The van der Waals surface area contributed by atoms with Crippen molar-refractivity contribution in [1.29, 1.82) is 0 Å². The Morgan fingerprint density at radius 1 is 0.640 bits per heavy atom. The van der Waals surface area contributed by atoms with Crippen molar-refractivity contribution in [2.75, 3.05) is 26.4 Å². The van der Waals surface area contributed by atoms with Crippen molar-refractivity contribution in [3.8, 4) is 0 Å². The molecule has 0 aliphatic carbocycles. The van der Waals surface area contributed by atoms with Crippen LogP contribution in [0, 0.1) is 0 Å². The molecule has 10 heteroatoms. The van der Waals surface area contributed by atoms with Gasteiger partial charge in [0.2, 0.25) is 5.91 Å². The van der Waals surface area contributed by atoms with Crippen LogP contribution in [0.3, 0.4) is 0 Å². The first-order valence-electron chi connectivity index (χ1n) is 20.0. The van der Waals surface area contributed by atoms with E-state index in [9.17, 15) is 24.2 Å². The zero-order chi connectivity index (χ0) is 36.8. The number of hydrogen-bond donors (Lipinski definition) is 3. The van der Waals surface area contributed by atoms with Crippen LogP contribution in [0.25, 0.3) is 0 Å². The Morgan fingerprint density at radius 2 is 1.14 bits per heavy atom. The van der Waals surface area contributed by atoms with E-state index in [1.54, 1.807) is 0 Å². The summed E-state index contributed by atoms with van der Waals surface area (Å²) in [5.41, 5.74) is 0. The first-order valence-corrected chi connectivity index (χ1v) is 21.5. The summed E-state index contributed by atoms with van der Waals surface area (Å²) < 4.78 is 26.8. The van der Waals surface area contributed by atoms with E-state index in [1.807, 2.05) is 0 Å². The van der Waals surface area contributed by atoms with Crippen molar-refractivity contribution in [2.24, 2.45) is 0 Å². The number of phosphoric ester groups is 1. The van der Waals surface area contributed by atoms with E-state index in [4.69, 9.17) is 13.8 Å². The summed E-state index contributed by atoms with van der Waals surface area (Å²) in [4.78, 5) is 33.8. The second kappa shape index (κ2) is 37.0. The Kier molecular flexibility index (Phi) is 35.7. The number of aliphatic hydroxyl groups excluding tert-OH is 1. The van der Waals surface area contributed by atoms with E-state index >= 15 is 0 Å². The van der Waals surface area contributed by atoms with E-state index < -0.39 is 26.5 Å². The van der Waals surface area contributed by atoms with Gasteiger partial charge in [-0.25, -0.2) is 4.57 Å². The largest absolute Gasteiger partial charge is 0.472 e. The molecule has 0 aromatic heterocycles. The van der Waals surface area contributed by atoms with Crippen LogP contribution in [0.1, 0.15) is 174 Å². The predicted octanol–water partition coefficient (Wildman–Crippen LogP) is 10.6. The molecule has 0 aliphatic heterocycles. The number of ether oxygens (including phenoxy) is 1. The van der Waals surface area contributed by atoms with Crippen molar-refractivity contribution in [1.82, 2.24) is 5.32 Å². The molecule has 0 saturated heterocycles. The molecular weight excluding hydrogens is 653 g/mol. The maximum atomic E-state index is 12.1. The summed E-state index contributed by atoms with van der Waals surface area (Å²) in [6.07, 6.45) is 39.3. The molecule has 0 aromatic carbocycles. The lowest BCUT2D eigenvalue weighted by molar-refractivity contribution is -0.147. The molecule has 292 valence electrons. The van der Waals surface area contributed by atoms with Crippen molar-refractivity contribution in [2.45, 2.75) is 180 Å². The van der Waals surface area contributed by atoms with Gasteiger partial charge in [0.1, 0.15) is 12.7 Å². The topological polar surface area (TPSA) is 131 Å². The Hall–Kier alpha value is -1.77. The van der Waals surface area contributed by atoms with E-state index in [1.165, 1.54) is 83.5 Å². The smallest absolute Gasteiger partial charge is 0.463 e. The monoisotopic (exact) mass is 728 g/mol. The third-order valence-corrected chi connectivity index (χ3v) is 9.32. The first kappa shape index (κ1) is 48.2. The lowest BCUT2D eigenvalue weighted by atomic mass is 10.0. The van der Waals surface area contributed by atoms with Gasteiger partial charge in [-0.15, -0.1) is 0 Å². The highest BCUT2D eigenvalue weighted by atomic mass is 31.2. The second-order valence-corrected chi connectivity index (χ2v) is 14.7. The molecule has 0 rings (SSSR count). The Bertz CT molecular complexity index is 923. The molecule has 0 radical (unpaired) electrons. The van der Waals surface area contributed by atoms with Crippen LogP contribution >= 0.6 is 7.82 Å². The van der Waals surface area contributed by atoms with Gasteiger partial charge in [-0.3, -0.25) is 18.6 Å². The zero-order valence-corrected chi connectivity index (χ0v) is 32.7. The Morgan fingerprint density at radius 3 is 1.72 bits per heavy atom.